The van der Waals surface area contributed by atoms with E-state index in [4.69, 9.17) is 0 Å². The predicted octanol–water partition coefficient (Wildman–Crippen LogP) is 2.97. The van der Waals surface area contributed by atoms with Gasteiger partial charge < -0.3 is 5.32 Å². The number of fused-ring (bicyclic) bond motifs is 1. The fourth-order valence-electron chi connectivity index (χ4n) is 3.96. The quantitative estimate of drug-likeness (QED) is 0.874. The lowest BCUT2D eigenvalue weighted by molar-refractivity contribution is -0.131. The first-order chi connectivity index (χ1) is 12.1. The summed E-state index contributed by atoms with van der Waals surface area (Å²) in [5.74, 6) is 0.195. The van der Waals surface area contributed by atoms with Gasteiger partial charge in [-0.05, 0) is 55.4 Å². The maximum Gasteiger partial charge on any atom is 0.325 e. The Morgan fingerprint density at radius 3 is 2.80 bits per heavy atom. The van der Waals surface area contributed by atoms with Gasteiger partial charge in [0.2, 0.25) is 0 Å². The molecule has 0 saturated carbocycles. The maximum atomic E-state index is 12.9. The summed E-state index contributed by atoms with van der Waals surface area (Å²) in [5, 5.41) is 2.82. The molecule has 1 aliphatic carbocycles. The SMILES string of the molecule is CC1(c2ccccn2)NC(=O)N(CCC2CCc3ccccc32)C1=O. The van der Waals surface area contributed by atoms with Crippen LogP contribution in [0.25, 0.3) is 0 Å². The molecule has 1 aromatic carbocycles. The summed E-state index contributed by atoms with van der Waals surface area (Å²) >= 11 is 0. The molecule has 0 radical (unpaired) electrons. The molecule has 1 aromatic heterocycles. The highest BCUT2D eigenvalue weighted by molar-refractivity contribution is 6.06. The monoisotopic (exact) mass is 335 g/mol. The van der Waals surface area contributed by atoms with E-state index in [1.807, 2.05) is 6.07 Å². The third kappa shape index (κ3) is 2.60. The molecule has 2 atom stereocenters. The zero-order valence-corrected chi connectivity index (χ0v) is 14.2. The van der Waals surface area contributed by atoms with Crippen LogP contribution in [-0.2, 0) is 16.8 Å². The Morgan fingerprint density at radius 1 is 1.20 bits per heavy atom. The number of urea groups is 1. The number of imide groups is 1. The third-order valence-corrected chi connectivity index (χ3v) is 5.41. The molecule has 1 N–H and O–H groups in total. The summed E-state index contributed by atoms with van der Waals surface area (Å²) in [7, 11) is 0. The van der Waals surface area contributed by atoms with Crippen molar-refractivity contribution in [3.63, 3.8) is 0 Å². The smallest absolute Gasteiger partial charge is 0.318 e. The summed E-state index contributed by atoms with van der Waals surface area (Å²) in [5.41, 5.74) is 2.25. The standard InChI is InChI=1S/C20H21N3O2/c1-20(17-8-4-5-12-21-17)18(24)23(19(25)22-20)13-11-15-10-9-14-6-2-3-7-16(14)15/h2-8,12,15H,9-11,13H2,1H3,(H,22,25). The van der Waals surface area contributed by atoms with E-state index >= 15 is 0 Å². The van der Waals surface area contributed by atoms with Crippen molar-refractivity contribution in [2.45, 2.75) is 37.6 Å². The number of aromatic nitrogens is 1. The fourth-order valence-corrected chi connectivity index (χ4v) is 3.96. The largest absolute Gasteiger partial charge is 0.325 e. The number of hydrogen-bond acceptors (Lipinski definition) is 3. The van der Waals surface area contributed by atoms with Crippen LogP contribution in [0.2, 0.25) is 0 Å². The van der Waals surface area contributed by atoms with Gasteiger partial charge in [0.05, 0.1) is 5.69 Å². The number of benzene rings is 1. The second-order valence-corrected chi connectivity index (χ2v) is 6.95. The van der Waals surface area contributed by atoms with Gasteiger partial charge in [-0.3, -0.25) is 14.7 Å². The van der Waals surface area contributed by atoms with E-state index < -0.39 is 5.54 Å². The van der Waals surface area contributed by atoms with E-state index in [0.717, 1.165) is 19.3 Å². The first-order valence-electron chi connectivity index (χ1n) is 8.73. The Kier molecular flexibility index (Phi) is 3.79. The number of nitrogens with zero attached hydrogens (tertiary/aromatic N) is 2. The van der Waals surface area contributed by atoms with E-state index in [9.17, 15) is 9.59 Å². The van der Waals surface area contributed by atoms with Gasteiger partial charge in [-0.2, -0.15) is 0 Å². The zero-order chi connectivity index (χ0) is 17.4. The molecule has 5 nitrogen and oxygen atoms in total. The van der Waals surface area contributed by atoms with E-state index in [1.54, 1.807) is 25.3 Å². The molecule has 2 aliphatic rings. The summed E-state index contributed by atoms with van der Waals surface area (Å²) in [6, 6.07) is 13.5. The van der Waals surface area contributed by atoms with Crippen molar-refractivity contribution in [3.05, 3.63) is 65.5 Å². The van der Waals surface area contributed by atoms with Crippen LogP contribution in [0.15, 0.2) is 48.7 Å². The van der Waals surface area contributed by atoms with Crippen LogP contribution in [0.4, 0.5) is 4.79 Å². The topological polar surface area (TPSA) is 62.3 Å². The van der Waals surface area contributed by atoms with E-state index in [1.165, 1.54) is 16.0 Å². The molecule has 0 spiro atoms. The molecule has 5 heteroatoms. The fraction of sp³-hybridized carbons (Fsp3) is 0.350. The summed E-state index contributed by atoms with van der Waals surface area (Å²) < 4.78 is 0. The van der Waals surface area contributed by atoms with Crippen molar-refractivity contribution in [1.29, 1.82) is 0 Å². The lowest BCUT2D eigenvalue weighted by Gasteiger charge is -2.21. The molecular formula is C20H21N3O2. The van der Waals surface area contributed by atoms with E-state index in [2.05, 4.69) is 34.6 Å². The van der Waals surface area contributed by atoms with Crippen molar-refractivity contribution in [2.75, 3.05) is 6.54 Å². The Labute approximate surface area is 147 Å². The number of rotatable bonds is 4. The zero-order valence-electron chi connectivity index (χ0n) is 14.2. The number of hydrogen-bond donors (Lipinski definition) is 1. The van der Waals surface area contributed by atoms with Crippen molar-refractivity contribution in [2.24, 2.45) is 0 Å². The van der Waals surface area contributed by atoms with Crippen LogP contribution in [0.5, 0.6) is 0 Å². The molecule has 1 saturated heterocycles. The molecule has 2 heterocycles. The number of carbonyl (C=O) groups is 2. The Balaban J connectivity index is 1.49. The van der Waals surface area contributed by atoms with E-state index in [-0.39, 0.29) is 11.9 Å². The molecule has 25 heavy (non-hydrogen) atoms. The molecule has 1 aliphatic heterocycles. The molecule has 0 bridgehead atoms. The van der Waals surface area contributed by atoms with Crippen LogP contribution in [0.3, 0.4) is 0 Å². The minimum absolute atomic E-state index is 0.220. The average molecular weight is 335 g/mol. The van der Waals surface area contributed by atoms with E-state index in [0.29, 0.717) is 18.2 Å². The molecule has 3 amide bonds. The van der Waals surface area contributed by atoms with Gasteiger partial charge in [0, 0.05) is 12.7 Å². The third-order valence-electron chi connectivity index (χ3n) is 5.41. The molecule has 128 valence electrons. The highest BCUT2D eigenvalue weighted by atomic mass is 16.2. The number of aryl methyl sites for hydroxylation is 1. The van der Waals surface area contributed by atoms with Crippen LogP contribution < -0.4 is 5.32 Å². The lowest BCUT2D eigenvalue weighted by atomic mass is 9.96. The minimum Gasteiger partial charge on any atom is -0.318 e. The van der Waals surface area contributed by atoms with Gasteiger partial charge in [-0.15, -0.1) is 0 Å². The Hall–Kier alpha value is -2.69. The van der Waals surface area contributed by atoms with Crippen LogP contribution in [0.1, 0.15) is 42.5 Å². The van der Waals surface area contributed by atoms with Crippen molar-refractivity contribution in [1.82, 2.24) is 15.2 Å². The van der Waals surface area contributed by atoms with Crippen LogP contribution in [-0.4, -0.2) is 28.4 Å². The van der Waals surface area contributed by atoms with Crippen molar-refractivity contribution in [3.8, 4) is 0 Å². The van der Waals surface area contributed by atoms with Gasteiger partial charge in [-0.1, -0.05) is 30.3 Å². The molecule has 1 fully saturated rings. The lowest BCUT2D eigenvalue weighted by Crippen LogP contribution is -2.41. The van der Waals surface area contributed by atoms with Crippen molar-refractivity contribution < 1.29 is 9.59 Å². The second kappa shape index (κ2) is 5.99. The average Bonchev–Trinajstić information content (AvgIpc) is 3.14. The maximum absolute atomic E-state index is 12.9. The minimum atomic E-state index is -1.08. The normalized spacial score (nSPS) is 25.2. The first kappa shape index (κ1) is 15.8. The van der Waals surface area contributed by atoms with Gasteiger partial charge in [0.15, 0.2) is 5.54 Å². The van der Waals surface area contributed by atoms with Gasteiger partial charge in [-0.25, -0.2) is 4.79 Å². The van der Waals surface area contributed by atoms with Crippen LogP contribution >= 0.6 is 0 Å². The predicted molar refractivity (Wildman–Crippen MR) is 94.0 cm³/mol. The summed E-state index contributed by atoms with van der Waals surface area (Å²) in [6.45, 7) is 2.16. The molecule has 2 unspecified atom stereocenters. The number of carbonyl (C=O) groups excluding carboxylic acids is 2. The molecular weight excluding hydrogens is 314 g/mol. The summed E-state index contributed by atoms with van der Waals surface area (Å²) in [4.78, 5) is 30.9. The Morgan fingerprint density at radius 2 is 2.00 bits per heavy atom. The molecule has 2 aromatic rings. The number of nitrogens with one attached hydrogen (secondary N) is 1. The number of pyridine rings is 1. The highest BCUT2D eigenvalue weighted by Gasteiger charge is 2.49. The summed E-state index contributed by atoms with van der Waals surface area (Å²) in [6.07, 6.45) is 4.60. The van der Waals surface area contributed by atoms with Crippen molar-refractivity contribution >= 4 is 11.9 Å². The van der Waals surface area contributed by atoms with Gasteiger partial charge in [0.25, 0.3) is 5.91 Å². The molecule has 4 rings (SSSR count). The highest BCUT2D eigenvalue weighted by Crippen LogP contribution is 2.36. The van der Waals surface area contributed by atoms with Gasteiger partial charge in [0.1, 0.15) is 0 Å². The first-order valence-corrected chi connectivity index (χ1v) is 8.73. The van der Waals surface area contributed by atoms with Gasteiger partial charge >= 0.3 is 6.03 Å². The Bertz CT molecular complexity index is 821. The van der Waals surface area contributed by atoms with Crippen LogP contribution in [0, 0.1) is 0 Å². The second-order valence-electron chi connectivity index (χ2n) is 6.95. The number of amides is 3.